The van der Waals surface area contributed by atoms with E-state index >= 15 is 0 Å². The van der Waals surface area contributed by atoms with E-state index in [9.17, 15) is 12.8 Å². The van der Waals surface area contributed by atoms with E-state index in [1.54, 1.807) is 36.4 Å². The number of sulfonamides is 1. The number of aromatic nitrogens is 2. The molecule has 0 unspecified atom stereocenters. The molecule has 3 aromatic rings. The van der Waals surface area contributed by atoms with Gasteiger partial charge in [0.05, 0.1) is 5.75 Å². The third-order valence-corrected chi connectivity index (χ3v) is 7.34. The van der Waals surface area contributed by atoms with Crippen LogP contribution in [0.4, 0.5) is 10.2 Å². The average molecular weight is 478 g/mol. The van der Waals surface area contributed by atoms with Crippen molar-refractivity contribution in [2.24, 2.45) is 5.73 Å². The molecule has 4 rings (SSSR count). The predicted octanol–water partition coefficient (Wildman–Crippen LogP) is 3.21. The summed E-state index contributed by atoms with van der Waals surface area (Å²) in [7, 11) is -3.51. The second-order valence-corrected chi connectivity index (χ2v) is 9.60. The van der Waals surface area contributed by atoms with Gasteiger partial charge in [-0.3, -0.25) is 4.98 Å². The predicted molar refractivity (Wildman–Crippen MR) is 126 cm³/mol. The first-order chi connectivity index (χ1) is 14.8. The number of piperidine rings is 1. The smallest absolute Gasteiger partial charge is 0.218 e. The van der Waals surface area contributed by atoms with Crippen LogP contribution in [0, 0.1) is 5.82 Å². The average Bonchev–Trinajstić information content (AvgIpc) is 2.75. The molecule has 0 spiro atoms. The van der Waals surface area contributed by atoms with Gasteiger partial charge in [-0.15, -0.1) is 12.4 Å². The van der Waals surface area contributed by atoms with Crippen molar-refractivity contribution in [3.63, 3.8) is 0 Å². The van der Waals surface area contributed by atoms with Crippen LogP contribution in [-0.2, 0) is 15.8 Å². The van der Waals surface area contributed by atoms with Gasteiger partial charge >= 0.3 is 0 Å². The van der Waals surface area contributed by atoms with E-state index in [-0.39, 0.29) is 41.3 Å². The van der Waals surface area contributed by atoms with Gasteiger partial charge in [-0.05, 0) is 41.7 Å². The van der Waals surface area contributed by atoms with Gasteiger partial charge < -0.3 is 11.5 Å². The zero-order chi connectivity index (χ0) is 22.0. The number of halogens is 2. The molecule has 1 aromatic heterocycles. The lowest BCUT2D eigenvalue weighted by atomic mass is 9.98. The summed E-state index contributed by atoms with van der Waals surface area (Å²) in [5.41, 5.74) is 14.1. The first kappa shape index (κ1) is 24.1. The topological polar surface area (TPSA) is 115 Å². The van der Waals surface area contributed by atoms with E-state index in [0.717, 1.165) is 0 Å². The van der Waals surface area contributed by atoms with Crippen molar-refractivity contribution in [1.29, 1.82) is 0 Å². The van der Waals surface area contributed by atoms with Crippen LogP contribution in [0.3, 0.4) is 0 Å². The fraction of sp³-hybridized carbons (Fsp3) is 0.273. The van der Waals surface area contributed by atoms with E-state index in [2.05, 4.69) is 9.97 Å². The normalized spacial score (nSPS) is 15.3. The number of nitrogens with zero attached hydrogens (tertiary/aromatic N) is 3. The Bertz CT molecular complexity index is 1200. The summed E-state index contributed by atoms with van der Waals surface area (Å²) >= 11 is 0. The van der Waals surface area contributed by atoms with Crippen molar-refractivity contribution in [3.05, 3.63) is 66.2 Å². The van der Waals surface area contributed by atoms with Crippen molar-refractivity contribution in [1.82, 2.24) is 14.3 Å². The molecule has 2 aromatic carbocycles. The quantitative estimate of drug-likeness (QED) is 0.583. The van der Waals surface area contributed by atoms with Gasteiger partial charge in [-0.1, -0.05) is 30.3 Å². The molecular weight excluding hydrogens is 453 g/mol. The van der Waals surface area contributed by atoms with Crippen LogP contribution in [-0.4, -0.2) is 41.8 Å². The number of nitrogen functional groups attached to an aromatic ring is 1. The fourth-order valence-electron chi connectivity index (χ4n) is 3.80. The van der Waals surface area contributed by atoms with Crippen LogP contribution in [0.15, 0.2) is 54.9 Å². The highest BCUT2D eigenvalue weighted by molar-refractivity contribution is 7.88. The first-order valence-corrected chi connectivity index (χ1v) is 11.6. The van der Waals surface area contributed by atoms with E-state index in [4.69, 9.17) is 11.5 Å². The Hall–Kier alpha value is -2.59. The number of nitrogens with two attached hydrogens (primary N) is 2. The van der Waals surface area contributed by atoms with E-state index in [0.29, 0.717) is 42.6 Å². The summed E-state index contributed by atoms with van der Waals surface area (Å²) < 4.78 is 42.4. The Kier molecular flexibility index (Phi) is 7.45. The molecule has 1 fully saturated rings. The molecule has 1 aliphatic heterocycles. The van der Waals surface area contributed by atoms with Crippen molar-refractivity contribution in [2.45, 2.75) is 24.6 Å². The maximum Gasteiger partial charge on any atom is 0.218 e. The van der Waals surface area contributed by atoms with Gasteiger partial charge in [-0.25, -0.2) is 22.1 Å². The molecule has 1 saturated heterocycles. The Morgan fingerprint density at radius 3 is 2.41 bits per heavy atom. The lowest BCUT2D eigenvalue weighted by Gasteiger charge is -2.29. The summed E-state index contributed by atoms with van der Waals surface area (Å²) in [5, 5.41) is 0. The number of rotatable bonds is 5. The third kappa shape index (κ3) is 5.07. The van der Waals surface area contributed by atoms with Crippen molar-refractivity contribution >= 4 is 28.2 Å². The highest BCUT2D eigenvalue weighted by Crippen LogP contribution is 2.31. The molecule has 4 N–H and O–H groups in total. The molecule has 0 bridgehead atoms. The van der Waals surface area contributed by atoms with Crippen LogP contribution in [0.5, 0.6) is 0 Å². The van der Waals surface area contributed by atoms with Gasteiger partial charge in [0.25, 0.3) is 0 Å². The van der Waals surface area contributed by atoms with Gasteiger partial charge in [-0.2, -0.15) is 0 Å². The molecule has 10 heteroatoms. The number of hydrogen-bond acceptors (Lipinski definition) is 6. The lowest BCUT2D eigenvalue weighted by molar-refractivity contribution is 0.319. The van der Waals surface area contributed by atoms with Crippen molar-refractivity contribution in [3.8, 4) is 22.4 Å². The molecule has 170 valence electrons. The Morgan fingerprint density at radius 2 is 1.72 bits per heavy atom. The van der Waals surface area contributed by atoms with E-state index < -0.39 is 15.8 Å². The number of benzene rings is 2. The standard InChI is InChI=1S/C22H24FN5O2S.ClH/c23-20-13-15(5-6-19(20)21-22(25)27-10-9-26-21)18-4-2-1-3-16(18)14-31(29,30)28-11-7-17(24)8-12-28;/h1-6,9-10,13,17H,7-8,11-12,14,24H2,(H2,25,27);1H. The molecule has 0 radical (unpaired) electrons. The van der Waals surface area contributed by atoms with Gasteiger partial charge in [0.1, 0.15) is 17.3 Å². The molecule has 0 saturated carbocycles. The van der Waals surface area contributed by atoms with E-state index in [1.807, 2.05) is 0 Å². The molecule has 32 heavy (non-hydrogen) atoms. The highest BCUT2D eigenvalue weighted by Gasteiger charge is 2.27. The lowest BCUT2D eigenvalue weighted by Crippen LogP contribution is -2.43. The summed E-state index contributed by atoms with van der Waals surface area (Å²) in [6.07, 6.45) is 4.20. The zero-order valence-electron chi connectivity index (χ0n) is 17.3. The largest absolute Gasteiger partial charge is 0.382 e. The Labute approximate surface area is 193 Å². The van der Waals surface area contributed by atoms with Crippen molar-refractivity contribution in [2.75, 3.05) is 18.8 Å². The maximum atomic E-state index is 14.9. The molecule has 0 atom stereocenters. The van der Waals surface area contributed by atoms with Crippen LogP contribution >= 0.6 is 12.4 Å². The highest BCUT2D eigenvalue weighted by atomic mass is 35.5. The summed E-state index contributed by atoms with van der Waals surface area (Å²) in [6.45, 7) is 0.850. The Morgan fingerprint density at radius 1 is 1.03 bits per heavy atom. The maximum absolute atomic E-state index is 14.9. The summed E-state index contributed by atoms with van der Waals surface area (Å²) in [4.78, 5) is 8.06. The Balaban J connectivity index is 0.00000289. The number of anilines is 1. The molecule has 1 aliphatic rings. The van der Waals surface area contributed by atoms with Gasteiger partial charge in [0.15, 0.2) is 0 Å². The third-order valence-electron chi connectivity index (χ3n) is 5.51. The molecule has 0 amide bonds. The van der Waals surface area contributed by atoms with Crippen molar-refractivity contribution < 1.29 is 12.8 Å². The van der Waals surface area contributed by atoms with Gasteiger partial charge in [0, 0.05) is 37.1 Å². The minimum atomic E-state index is -3.51. The minimum Gasteiger partial charge on any atom is -0.382 e. The summed E-state index contributed by atoms with van der Waals surface area (Å²) in [5.74, 6) is -0.520. The SMILES string of the molecule is Cl.Nc1nccnc1-c1ccc(-c2ccccc2CS(=O)(=O)N2CCC(N)CC2)cc1F. The second-order valence-electron chi connectivity index (χ2n) is 7.63. The van der Waals surface area contributed by atoms with Crippen LogP contribution < -0.4 is 11.5 Å². The fourth-order valence-corrected chi connectivity index (χ4v) is 5.39. The van der Waals surface area contributed by atoms with E-state index in [1.165, 1.54) is 22.8 Å². The monoisotopic (exact) mass is 477 g/mol. The minimum absolute atomic E-state index is 0. The number of hydrogen-bond donors (Lipinski definition) is 2. The zero-order valence-corrected chi connectivity index (χ0v) is 18.9. The van der Waals surface area contributed by atoms with Crippen LogP contribution in [0.1, 0.15) is 18.4 Å². The molecule has 0 aliphatic carbocycles. The molecule has 2 heterocycles. The second kappa shape index (κ2) is 9.91. The first-order valence-electron chi connectivity index (χ1n) is 10.0. The van der Waals surface area contributed by atoms with Gasteiger partial charge in [0.2, 0.25) is 10.0 Å². The molecular formula is C22H25ClFN5O2S. The molecule has 7 nitrogen and oxygen atoms in total. The summed E-state index contributed by atoms with van der Waals surface area (Å²) in [6, 6.07) is 11.9. The van der Waals surface area contributed by atoms with Crippen LogP contribution in [0.2, 0.25) is 0 Å². The van der Waals surface area contributed by atoms with Crippen LogP contribution in [0.25, 0.3) is 22.4 Å².